The van der Waals surface area contributed by atoms with Crippen LogP contribution in [0.25, 0.3) is 16.8 Å². The summed E-state index contributed by atoms with van der Waals surface area (Å²) in [7, 11) is 0. The summed E-state index contributed by atoms with van der Waals surface area (Å²) < 4.78 is 0. The van der Waals surface area contributed by atoms with Gasteiger partial charge in [0, 0.05) is 22.9 Å². The normalized spacial score (nSPS) is 10.7. The average Bonchev–Trinajstić information content (AvgIpc) is 2.87. The van der Waals surface area contributed by atoms with Gasteiger partial charge >= 0.3 is 0 Å². The summed E-state index contributed by atoms with van der Waals surface area (Å²) in [5.41, 5.74) is 7.10. The highest BCUT2D eigenvalue weighted by Gasteiger charge is 2.08. The molecule has 0 radical (unpaired) electrons. The minimum absolute atomic E-state index is 0.238. The van der Waals surface area contributed by atoms with Crippen molar-refractivity contribution in [3.63, 3.8) is 0 Å². The molecule has 4 rings (SSSR count). The fourth-order valence-electron chi connectivity index (χ4n) is 3.29. The Morgan fingerprint density at radius 2 is 1.27 bits per heavy atom. The van der Waals surface area contributed by atoms with Crippen molar-refractivity contribution in [1.82, 2.24) is 10.9 Å². The van der Waals surface area contributed by atoms with Gasteiger partial charge in [0.2, 0.25) is 0 Å². The zero-order valence-electron chi connectivity index (χ0n) is 17.6. The van der Waals surface area contributed by atoms with E-state index in [1.165, 1.54) is 6.08 Å². The fraction of sp³-hybridized carbons (Fsp3) is 0. The summed E-state index contributed by atoms with van der Waals surface area (Å²) in [5, 5.41) is 4.89. The van der Waals surface area contributed by atoms with Gasteiger partial charge in [-0.2, -0.15) is 0 Å². The van der Waals surface area contributed by atoms with E-state index < -0.39 is 11.8 Å². The van der Waals surface area contributed by atoms with Crippen LogP contribution in [0, 0.1) is 0 Å². The number of benzene rings is 4. The number of hydrogen-bond acceptors (Lipinski definition) is 3. The van der Waals surface area contributed by atoms with Crippen LogP contribution in [-0.2, 0) is 4.79 Å². The Kier molecular flexibility index (Phi) is 6.56. The smallest absolute Gasteiger partial charge is 0.269 e. The quantitative estimate of drug-likeness (QED) is 0.317. The first kappa shape index (κ1) is 21.5. The van der Waals surface area contributed by atoms with Gasteiger partial charge in [-0.25, -0.2) is 0 Å². The minimum Gasteiger partial charge on any atom is -0.322 e. The van der Waals surface area contributed by atoms with Gasteiger partial charge < -0.3 is 5.32 Å². The van der Waals surface area contributed by atoms with Crippen LogP contribution >= 0.6 is 0 Å². The van der Waals surface area contributed by atoms with Gasteiger partial charge in [-0.3, -0.25) is 25.2 Å². The first-order valence-corrected chi connectivity index (χ1v) is 10.3. The van der Waals surface area contributed by atoms with E-state index in [1.807, 2.05) is 48.5 Å². The van der Waals surface area contributed by atoms with E-state index in [0.717, 1.165) is 16.3 Å². The number of hydrogen-bond donors (Lipinski definition) is 3. The molecule has 0 aliphatic carbocycles. The van der Waals surface area contributed by atoms with Crippen molar-refractivity contribution >= 4 is 40.3 Å². The Morgan fingerprint density at radius 1 is 0.606 bits per heavy atom. The van der Waals surface area contributed by atoms with E-state index in [2.05, 4.69) is 16.2 Å². The van der Waals surface area contributed by atoms with Gasteiger partial charge in [-0.15, -0.1) is 0 Å². The lowest BCUT2D eigenvalue weighted by Crippen LogP contribution is -2.40. The molecule has 4 aromatic rings. The van der Waals surface area contributed by atoms with E-state index >= 15 is 0 Å². The monoisotopic (exact) mass is 435 g/mol. The summed E-state index contributed by atoms with van der Waals surface area (Å²) in [6.45, 7) is 0. The largest absolute Gasteiger partial charge is 0.322 e. The second kappa shape index (κ2) is 10.1. The van der Waals surface area contributed by atoms with E-state index in [-0.39, 0.29) is 5.91 Å². The van der Waals surface area contributed by atoms with Gasteiger partial charge in [0.1, 0.15) is 0 Å². The minimum atomic E-state index is -0.470. The van der Waals surface area contributed by atoms with Crippen molar-refractivity contribution in [1.29, 1.82) is 0 Å². The van der Waals surface area contributed by atoms with E-state index in [0.29, 0.717) is 16.8 Å². The number of rotatable bonds is 5. The Bertz CT molecular complexity index is 1320. The molecule has 4 aromatic carbocycles. The molecule has 0 aromatic heterocycles. The highest BCUT2D eigenvalue weighted by atomic mass is 16.2. The maximum atomic E-state index is 12.3. The molecule has 0 saturated heterocycles. The number of carbonyl (C=O) groups excluding carboxylic acids is 3. The zero-order chi connectivity index (χ0) is 23.0. The molecule has 0 aliphatic heterocycles. The number of hydrazine groups is 1. The Labute approximate surface area is 190 Å². The van der Waals surface area contributed by atoms with Gasteiger partial charge in [0.25, 0.3) is 17.7 Å². The number of nitrogens with one attached hydrogen (secondary N) is 3. The molecule has 0 spiro atoms. The highest BCUT2D eigenvalue weighted by molar-refractivity contribution is 6.04. The SMILES string of the molecule is O=C(C=Cc1cccc2ccccc12)NNC(=O)c1ccc(NC(=O)c2ccccc2)cc1. The molecule has 3 N–H and O–H groups in total. The molecule has 0 heterocycles. The second-order valence-corrected chi connectivity index (χ2v) is 7.24. The molecule has 3 amide bonds. The molecular formula is C27H21N3O3. The third-order valence-corrected chi connectivity index (χ3v) is 4.98. The van der Waals surface area contributed by atoms with Crippen molar-refractivity contribution in [3.8, 4) is 0 Å². The lowest BCUT2D eigenvalue weighted by Gasteiger charge is -2.08. The van der Waals surface area contributed by atoms with E-state index in [1.54, 1.807) is 54.6 Å². The third-order valence-electron chi connectivity index (χ3n) is 4.98. The molecule has 6 nitrogen and oxygen atoms in total. The van der Waals surface area contributed by atoms with Crippen LogP contribution in [0.4, 0.5) is 5.69 Å². The van der Waals surface area contributed by atoms with Gasteiger partial charge in [-0.05, 0) is 58.8 Å². The van der Waals surface area contributed by atoms with Crippen LogP contribution < -0.4 is 16.2 Å². The van der Waals surface area contributed by atoms with Crippen molar-refractivity contribution in [2.45, 2.75) is 0 Å². The average molecular weight is 435 g/mol. The molecule has 0 unspecified atom stereocenters. The van der Waals surface area contributed by atoms with Crippen LogP contribution in [0.3, 0.4) is 0 Å². The van der Waals surface area contributed by atoms with Crippen LogP contribution in [0.2, 0.25) is 0 Å². The van der Waals surface area contributed by atoms with Crippen molar-refractivity contribution in [2.24, 2.45) is 0 Å². The maximum Gasteiger partial charge on any atom is 0.269 e. The van der Waals surface area contributed by atoms with Gasteiger partial charge in [0.15, 0.2) is 0 Å². The summed E-state index contributed by atoms with van der Waals surface area (Å²) in [4.78, 5) is 36.7. The fourth-order valence-corrected chi connectivity index (χ4v) is 3.29. The van der Waals surface area contributed by atoms with Crippen LogP contribution in [0.5, 0.6) is 0 Å². The summed E-state index contributed by atoms with van der Waals surface area (Å²) >= 11 is 0. The van der Waals surface area contributed by atoms with Crippen molar-refractivity contribution < 1.29 is 14.4 Å². The molecule has 0 fully saturated rings. The second-order valence-electron chi connectivity index (χ2n) is 7.24. The Balaban J connectivity index is 1.31. The van der Waals surface area contributed by atoms with Crippen molar-refractivity contribution in [2.75, 3.05) is 5.32 Å². The molecule has 0 saturated carbocycles. The van der Waals surface area contributed by atoms with Gasteiger partial charge in [-0.1, -0.05) is 60.7 Å². The van der Waals surface area contributed by atoms with E-state index in [9.17, 15) is 14.4 Å². The lowest BCUT2D eigenvalue weighted by molar-refractivity contribution is -0.117. The van der Waals surface area contributed by atoms with Crippen LogP contribution in [-0.4, -0.2) is 17.7 Å². The highest BCUT2D eigenvalue weighted by Crippen LogP contribution is 2.19. The summed E-state index contributed by atoms with van der Waals surface area (Å²) in [6, 6.07) is 29.0. The van der Waals surface area contributed by atoms with Crippen LogP contribution in [0.1, 0.15) is 26.3 Å². The predicted molar refractivity (Wildman–Crippen MR) is 129 cm³/mol. The Hall–Kier alpha value is -4.71. The number of carbonyl (C=O) groups is 3. The molecule has 0 aliphatic rings. The topological polar surface area (TPSA) is 87.3 Å². The molecule has 0 bridgehead atoms. The molecule has 33 heavy (non-hydrogen) atoms. The first-order chi connectivity index (χ1) is 16.1. The molecule has 6 heteroatoms. The molecular weight excluding hydrogens is 414 g/mol. The predicted octanol–water partition coefficient (Wildman–Crippen LogP) is 4.57. The number of fused-ring (bicyclic) bond motifs is 1. The number of anilines is 1. The van der Waals surface area contributed by atoms with Crippen LogP contribution in [0.15, 0.2) is 103 Å². The third kappa shape index (κ3) is 5.51. The molecule has 0 atom stereocenters. The van der Waals surface area contributed by atoms with Crippen molar-refractivity contribution in [3.05, 3.63) is 120 Å². The first-order valence-electron chi connectivity index (χ1n) is 10.3. The molecule has 162 valence electrons. The van der Waals surface area contributed by atoms with E-state index in [4.69, 9.17) is 0 Å². The van der Waals surface area contributed by atoms with Gasteiger partial charge in [0.05, 0.1) is 0 Å². The zero-order valence-corrected chi connectivity index (χ0v) is 17.6. The Morgan fingerprint density at radius 3 is 2.06 bits per heavy atom. The maximum absolute atomic E-state index is 12.3. The summed E-state index contributed by atoms with van der Waals surface area (Å²) in [6.07, 6.45) is 3.07. The standard InChI is InChI=1S/C27H21N3O3/c31-25(18-15-20-11-6-10-19-7-4-5-12-24(19)20)29-30-27(33)22-13-16-23(17-14-22)28-26(32)21-8-2-1-3-9-21/h1-18H,(H,28,32)(H,29,31)(H,30,33). The number of amides is 3. The summed E-state index contributed by atoms with van der Waals surface area (Å²) in [5.74, 6) is -1.16. The lowest BCUT2D eigenvalue weighted by atomic mass is 10.0.